The van der Waals surface area contributed by atoms with Gasteiger partial charge in [0.15, 0.2) is 0 Å². The number of likely N-dealkylation sites (tertiary alicyclic amines) is 1. The van der Waals surface area contributed by atoms with Crippen molar-refractivity contribution in [1.29, 1.82) is 0 Å². The number of amides is 1. The molecule has 154 valence electrons. The van der Waals surface area contributed by atoms with Gasteiger partial charge in [-0.2, -0.15) is 0 Å². The lowest BCUT2D eigenvalue weighted by Crippen LogP contribution is -2.56. The van der Waals surface area contributed by atoms with Crippen molar-refractivity contribution in [1.82, 2.24) is 4.90 Å². The van der Waals surface area contributed by atoms with Crippen LogP contribution in [0.3, 0.4) is 0 Å². The number of benzene rings is 2. The first-order valence-corrected chi connectivity index (χ1v) is 10.6. The number of fused-ring (bicyclic) bond motifs is 1. The minimum atomic E-state index is -0.708. The number of piperidine rings is 1. The van der Waals surface area contributed by atoms with Crippen LogP contribution in [-0.2, 0) is 4.79 Å². The van der Waals surface area contributed by atoms with E-state index in [0.717, 1.165) is 31.2 Å². The third-order valence-corrected chi connectivity index (χ3v) is 6.61. The Kier molecular flexibility index (Phi) is 5.91. The molecule has 1 saturated carbocycles. The van der Waals surface area contributed by atoms with Crippen LogP contribution in [0.25, 0.3) is 0 Å². The van der Waals surface area contributed by atoms with Crippen molar-refractivity contribution in [3.8, 4) is 0 Å². The molecule has 2 fully saturated rings. The summed E-state index contributed by atoms with van der Waals surface area (Å²) in [5.41, 5.74) is 0.945. The molecule has 4 rings (SSSR count). The molecule has 0 bridgehead atoms. The van der Waals surface area contributed by atoms with E-state index in [4.69, 9.17) is 11.6 Å². The second-order valence-corrected chi connectivity index (χ2v) is 8.66. The molecular formula is C23H26ClFN2O2. The molecule has 6 heteroatoms. The molecule has 1 saturated heterocycles. The summed E-state index contributed by atoms with van der Waals surface area (Å²) in [4.78, 5) is 14.9. The topological polar surface area (TPSA) is 52.6 Å². The molecule has 2 aromatic carbocycles. The Bertz CT molecular complexity index is 858. The summed E-state index contributed by atoms with van der Waals surface area (Å²) in [6.45, 7) is 0.848. The fourth-order valence-corrected chi connectivity index (χ4v) is 5.07. The van der Waals surface area contributed by atoms with Crippen molar-refractivity contribution in [3.05, 3.63) is 64.9 Å². The Morgan fingerprint density at radius 2 is 1.86 bits per heavy atom. The highest BCUT2D eigenvalue weighted by Gasteiger charge is 2.49. The van der Waals surface area contributed by atoms with Crippen LogP contribution in [0.4, 0.5) is 10.1 Å². The number of anilines is 1. The van der Waals surface area contributed by atoms with Gasteiger partial charge in [-0.25, -0.2) is 4.39 Å². The van der Waals surface area contributed by atoms with Crippen LogP contribution >= 0.6 is 11.6 Å². The molecule has 1 amide bonds. The van der Waals surface area contributed by atoms with E-state index >= 15 is 0 Å². The van der Waals surface area contributed by atoms with Crippen LogP contribution in [0, 0.1) is 11.7 Å². The Balaban J connectivity index is 1.56. The third kappa shape index (κ3) is 4.47. The smallest absolute Gasteiger partial charge is 0.238 e. The van der Waals surface area contributed by atoms with Gasteiger partial charge in [-0.1, -0.05) is 36.6 Å². The highest BCUT2D eigenvalue weighted by atomic mass is 35.5. The van der Waals surface area contributed by atoms with Crippen LogP contribution in [0.2, 0.25) is 5.02 Å². The molecule has 3 atom stereocenters. The fourth-order valence-electron chi connectivity index (χ4n) is 4.94. The minimum absolute atomic E-state index is 0.0405. The van der Waals surface area contributed by atoms with E-state index in [-0.39, 0.29) is 30.2 Å². The molecule has 2 aliphatic rings. The fraction of sp³-hybridized carbons (Fsp3) is 0.435. The zero-order valence-corrected chi connectivity index (χ0v) is 17.0. The molecule has 1 heterocycles. The number of nitrogens with one attached hydrogen (secondary N) is 1. The second-order valence-electron chi connectivity index (χ2n) is 8.23. The van der Waals surface area contributed by atoms with E-state index in [0.29, 0.717) is 23.7 Å². The molecule has 29 heavy (non-hydrogen) atoms. The summed E-state index contributed by atoms with van der Waals surface area (Å²) in [7, 11) is 0. The summed E-state index contributed by atoms with van der Waals surface area (Å²) in [5.74, 6) is -0.352. The van der Waals surface area contributed by atoms with Gasteiger partial charge in [0.1, 0.15) is 5.82 Å². The van der Waals surface area contributed by atoms with Crippen LogP contribution in [0.1, 0.15) is 43.7 Å². The first-order valence-electron chi connectivity index (χ1n) is 10.2. The van der Waals surface area contributed by atoms with Crippen LogP contribution in [0.5, 0.6) is 0 Å². The molecule has 2 aromatic rings. The zero-order chi connectivity index (χ0) is 20.4. The first kappa shape index (κ1) is 20.3. The van der Waals surface area contributed by atoms with Gasteiger partial charge in [0, 0.05) is 29.2 Å². The maximum Gasteiger partial charge on any atom is 0.238 e. The summed E-state index contributed by atoms with van der Waals surface area (Å²) in [6, 6.07) is 13.4. The molecular weight excluding hydrogens is 391 g/mol. The molecule has 1 aliphatic heterocycles. The van der Waals surface area contributed by atoms with Crippen molar-refractivity contribution in [2.75, 3.05) is 18.4 Å². The Hall–Kier alpha value is -1.95. The van der Waals surface area contributed by atoms with Gasteiger partial charge in [0.05, 0.1) is 12.1 Å². The average Bonchev–Trinajstić information content (AvgIpc) is 2.70. The van der Waals surface area contributed by atoms with Gasteiger partial charge >= 0.3 is 0 Å². The zero-order valence-electron chi connectivity index (χ0n) is 16.3. The normalized spacial score (nSPS) is 27.3. The number of hydrogen-bond donors (Lipinski definition) is 2. The SMILES string of the molecule is O=C(CN1CC[C@]2(O)CCCC[C@@H]2[C@@H]1c1ccc(F)cc1)Nc1ccc(Cl)cc1. The molecule has 0 aromatic heterocycles. The maximum absolute atomic E-state index is 13.5. The number of nitrogens with zero attached hydrogens (tertiary/aromatic N) is 1. The molecule has 2 N–H and O–H groups in total. The number of carbonyl (C=O) groups is 1. The van der Waals surface area contributed by atoms with E-state index in [9.17, 15) is 14.3 Å². The highest BCUT2D eigenvalue weighted by Crippen LogP contribution is 2.49. The Morgan fingerprint density at radius 3 is 2.59 bits per heavy atom. The lowest BCUT2D eigenvalue weighted by molar-refractivity contribution is -0.135. The lowest BCUT2D eigenvalue weighted by Gasteiger charge is -2.52. The summed E-state index contributed by atoms with van der Waals surface area (Å²) in [5, 5.41) is 14.8. The Labute approximate surface area is 175 Å². The quantitative estimate of drug-likeness (QED) is 0.753. The van der Waals surface area contributed by atoms with Gasteiger partial charge in [0.25, 0.3) is 0 Å². The monoisotopic (exact) mass is 416 g/mol. The van der Waals surface area contributed by atoms with Gasteiger partial charge in [-0.3, -0.25) is 9.69 Å². The number of hydrogen-bond acceptors (Lipinski definition) is 3. The van der Waals surface area contributed by atoms with Crippen molar-refractivity contribution in [2.24, 2.45) is 5.92 Å². The van der Waals surface area contributed by atoms with E-state index in [1.165, 1.54) is 12.1 Å². The minimum Gasteiger partial charge on any atom is -0.389 e. The van der Waals surface area contributed by atoms with Crippen molar-refractivity contribution in [2.45, 2.75) is 43.7 Å². The van der Waals surface area contributed by atoms with Gasteiger partial charge in [-0.05, 0) is 61.2 Å². The Morgan fingerprint density at radius 1 is 1.14 bits per heavy atom. The number of aliphatic hydroxyl groups is 1. The van der Waals surface area contributed by atoms with E-state index in [2.05, 4.69) is 10.2 Å². The summed E-state index contributed by atoms with van der Waals surface area (Å²) in [6.07, 6.45) is 4.45. The van der Waals surface area contributed by atoms with Crippen molar-refractivity contribution >= 4 is 23.2 Å². The summed E-state index contributed by atoms with van der Waals surface area (Å²) >= 11 is 5.91. The van der Waals surface area contributed by atoms with Crippen molar-refractivity contribution in [3.63, 3.8) is 0 Å². The predicted molar refractivity (Wildman–Crippen MR) is 112 cm³/mol. The maximum atomic E-state index is 13.5. The highest BCUT2D eigenvalue weighted by molar-refractivity contribution is 6.30. The molecule has 0 spiro atoms. The van der Waals surface area contributed by atoms with Gasteiger partial charge < -0.3 is 10.4 Å². The van der Waals surface area contributed by atoms with Crippen LogP contribution in [-0.4, -0.2) is 34.6 Å². The first-order chi connectivity index (χ1) is 13.9. The van der Waals surface area contributed by atoms with E-state index < -0.39 is 5.60 Å². The molecule has 0 unspecified atom stereocenters. The standard InChI is InChI=1S/C23H26ClFN2O2/c24-17-6-10-19(11-7-17)26-21(28)15-27-14-13-23(29)12-2-1-3-20(23)22(27)16-4-8-18(25)9-5-16/h4-11,20,22,29H,1-3,12-15H2,(H,26,28)/t20-,22+,23-/m1/s1. The molecule has 0 radical (unpaired) electrons. The number of halogens is 2. The third-order valence-electron chi connectivity index (χ3n) is 6.36. The lowest BCUT2D eigenvalue weighted by atomic mass is 9.66. The van der Waals surface area contributed by atoms with Crippen molar-refractivity contribution < 1.29 is 14.3 Å². The molecule has 1 aliphatic carbocycles. The van der Waals surface area contributed by atoms with E-state index in [1.54, 1.807) is 36.4 Å². The number of rotatable bonds is 4. The molecule has 4 nitrogen and oxygen atoms in total. The predicted octanol–water partition coefficient (Wildman–Crippen LogP) is 4.79. The van der Waals surface area contributed by atoms with E-state index in [1.807, 2.05) is 0 Å². The van der Waals surface area contributed by atoms with Gasteiger partial charge in [0.2, 0.25) is 5.91 Å². The second kappa shape index (κ2) is 8.42. The average molecular weight is 417 g/mol. The summed E-state index contributed by atoms with van der Waals surface area (Å²) < 4.78 is 13.5. The van der Waals surface area contributed by atoms with Crippen LogP contribution in [0.15, 0.2) is 48.5 Å². The van der Waals surface area contributed by atoms with Crippen LogP contribution < -0.4 is 5.32 Å². The van der Waals surface area contributed by atoms with Gasteiger partial charge in [-0.15, -0.1) is 0 Å². The largest absolute Gasteiger partial charge is 0.389 e. The number of carbonyl (C=O) groups excluding carboxylic acids is 1.